The quantitative estimate of drug-likeness (QED) is 0.688. The lowest BCUT2D eigenvalue weighted by atomic mass is 9.93. The summed E-state index contributed by atoms with van der Waals surface area (Å²) in [6, 6.07) is 10.1. The average Bonchev–Trinajstić information content (AvgIpc) is 2.38. The van der Waals surface area contributed by atoms with Crippen molar-refractivity contribution in [2.45, 2.75) is 20.0 Å². The number of aliphatic hydroxyl groups excluding tert-OH is 1. The number of hydrogen-bond acceptors (Lipinski definition) is 3. The minimum atomic E-state index is -0.910. The van der Waals surface area contributed by atoms with E-state index in [1.807, 2.05) is 32.0 Å². The van der Waals surface area contributed by atoms with Crippen molar-refractivity contribution in [2.24, 2.45) is 0 Å². The van der Waals surface area contributed by atoms with Crippen LogP contribution in [0, 0.1) is 24.0 Å². The number of aliphatic hydroxyl groups is 1. The van der Waals surface area contributed by atoms with Crippen LogP contribution in [0.25, 0.3) is 0 Å². The van der Waals surface area contributed by atoms with Crippen LogP contribution in [0.5, 0.6) is 0 Å². The number of hydrogen-bond donors (Lipinski definition) is 1. The zero-order chi connectivity index (χ0) is 14.9. The molecule has 0 fully saturated rings. The molecule has 2 aromatic carbocycles. The fourth-order valence-corrected chi connectivity index (χ4v) is 2.45. The third-order valence-electron chi connectivity index (χ3n) is 3.30. The van der Waals surface area contributed by atoms with Crippen LogP contribution in [-0.4, -0.2) is 10.0 Å². The van der Waals surface area contributed by atoms with Crippen molar-refractivity contribution in [3.05, 3.63) is 73.8 Å². The van der Waals surface area contributed by atoms with Crippen LogP contribution in [0.2, 0.25) is 5.02 Å². The lowest BCUT2D eigenvalue weighted by molar-refractivity contribution is -0.384. The molecule has 2 aromatic rings. The third-order valence-corrected chi connectivity index (χ3v) is 3.62. The lowest BCUT2D eigenvalue weighted by Crippen LogP contribution is -2.05. The topological polar surface area (TPSA) is 63.4 Å². The summed E-state index contributed by atoms with van der Waals surface area (Å²) >= 11 is 5.78. The molecule has 0 amide bonds. The molecule has 4 nitrogen and oxygen atoms in total. The highest BCUT2D eigenvalue weighted by atomic mass is 35.5. The summed E-state index contributed by atoms with van der Waals surface area (Å²) in [4.78, 5) is 10.4. The first kappa shape index (κ1) is 14.5. The Labute approximate surface area is 121 Å². The highest BCUT2D eigenvalue weighted by molar-refractivity contribution is 6.32. The van der Waals surface area contributed by atoms with Gasteiger partial charge in [-0.25, -0.2) is 0 Å². The Kier molecular flexibility index (Phi) is 4.06. The van der Waals surface area contributed by atoms with Gasteiger partial charge in [0, 0.05) is 6.07 Å². The molecule has 0 spiro atoms. The Balaban J connectivity index is 2.51. The Hall–Kier alpha value is -1.91. The van der Waals surface area contributed by atoms with Crippen molar-refractivity contribution < 1.29 is 10.0 Å². The van der Waals surface area contributed by atoms with E-state index in [1.54, 1.807) is 6.07 Å². The first-order valence-electron chi connectivity index (χ1n) is 6.10. The van der Waals surface area contributed by atoms with E-state index < -0.39 is 11.0 Å². The second-order valence-corrected chi connectivity index (χ2v) is 5.08. The van der Waals surface area contributed by atoms with Gasteiger partial charge in [0.05, 0.1) is 4.92 Å². The maximum absolute atomic E-state index is 10.9. The van der Waals surface area contributed by atoms with Crippen molar-refractivity contribution >= 4 is 17.3 Å². The van der Waals surface area contributed by atoms with Crippen LogP contribution in [0.4, 0.5) is 5.69 Å². The summed E-state index contributed by atoms with van der Waals surface area (Å²) in [6.45, 7) is 3.80. The molecule has 0 saturated heterocycles. The first-order valence-corrected chi connectivity index (χ1v) is 6.47. The van der Waals surface area contributed by atoms with Gasteiger partial charge in [0.2, 0.25) is 0 Å². The van der Waals surface area contributed by atoms with Gasteiger partial charge in [0.1, 0.15) is 11.1 Å². The average molecular weight is 292 g/mol. The van der Waals surface area contributed by atoms with E-state index in [-0.39, 0.29) is 10.7 Å². The van der Waals surface area contributed by atoms with Crippen molar-refractivity contribution in [2.75, 3.05) is 0 Å². The maximum Gasteiger partial charge on any atom is 0.288 e. The van der Waals surface area contributed by atoms with Crippen molar-refractivity contribution in [3.63, 3.8) is 0 Å². The Morgan fingerprint density at radius 3 is 2.35 bits per heavy atom. The monoisotopic (exact) mass is 291 g/mol. The van der Waals surface area contributed by atoms with Crippen LogP contribution < -0.4 is 0 Å². The molecule has 0 radical (unpaired) electrons. The molecule has 0 aliphatic carbocycles. The summed E-state index contributed by atoms with van der Waals surface area (Å²) in [5.41, 5.74) is 2.90. The van der Waals surface area contributed by atoms with E-state index >= 15 is 0 Å². The summed E-state index contributed by atoms with van der Waals surface area (Å²) in [5.74, 6) is 0. The van der Waals surface area contributed by atoms with Gasteiger partial charge in [0.15, 0.2) is 0 Å². The van der Waals surface area contributed by atoms with Crippen LogP contribution >= 0.6 is 11.6 Å². The molecule has 0 heterocycles. The minimum absolute atomic E-state index is 0.0625. The van der Waals surface area contributed by atoms with E-state index in [9.17, 15) is 15.2 Å². The molecule has 0 aliphatic rings. The number of rotatable bonds is 3. The smallest absolute Gasteiger partial charge is 0.288 e. The summed E-state index contributed by atoms with van der Waals surface area (Å²) in [5, 5.41) is 21.5. The number of aryl methyl sites for hydroxylation is 2. The van der Waals surface area contributed by atoms with E-state index in [1.165, 1.54) is 12.1 Å². The van der Waals surface area contributed by atoms with Gasteiger partial charge in [-0.2, -0.15) is 0 Å². The second-order valence-electron chi connectivity index (χ2n) is 4.68. The predicted octanol–water partition coefficient (Wildman–Crippen LogP) is 3.95. The van der Waals surface area contributed by atoms with E-state index in [0.717, 1.165) is 16.7 Å². The summed E-state index contributed by atoms with van der Waals surface area (Å²) < 4.78 is 0. The molecule has 0 aromatic heterocycles. The van der Waals surface area contributed by atoms with Crippen molar-refractivity contribution in [1.82, 2.24) is 0 Å². The van der Waals surface area contributed by atoms with Crippen LogP contribution in [-0.2, 0) is 0 Å². The Morgan fingerprint density at radius 2 is 1.80 bits per heavy atom. The molecular formula is C15H14ClNO3. The number of halogens is 1. The molecule has 104 valence electrons. The zero-order valence-electron chi connectivity index (χ0n) is 11.1. The van der Waals surface area contributed by atoms with Gasteiger partial charge in [-0.3, -0.25) is 10.1 Å². The highest BCUT2D eigenvalue weighted by Crippen LogP contribution is 2.32. The number of nitrogens with zero attached hydrogens (tertiary/aromatic N) is 1. The number of benzene rings is 2. The molecule has 2 rings (SSSR count). The molecular weight excluding hydrogens is 278 g/mol. The molecule has 0 bridgehead atoms. The molecule has 1 unspecified atom stereocenters. The van der Waals surface area contributed by atoms with Gasteiger partial charge in [-0.15, -0.1) is 0 Å². The number of nitro benzene ring substituents is 1. The molecule has 0 aliphatic heterocycles. The summed E-state index contributed by atoms with van der Waals surface area (Å²) in [7, 11) is 0. The highest BCUT2D eigenvalue weighted by Gasteiger charge is 2.20. The lowest BCUT2D eigenvalue weighted by Gasteiger charge is -2.17. The SMILES string of the molecule is Cc1cccc(C)c1C(O)c1ccc(Cl)c([N+](=O)[O-])c1. The Bertz CT molecular complexity index is 650. The van der Waals surface area contributed by atoms with E-state index in [0.29, 0.717) is 5.56 Å². The molecule has 5 heteroatoms. The van der Waals surface area contributed by atoms with Gasteiger partial charge < -0.3 is 5.11 Å². The molecule has 0 saturated carbocycles. The standard InChI is InChI=1S/C15H14ClNO3/c1-9-4-3-5-10(2)14(9)15(18)11-6-7-12(16)13(8-11)17(19)20/h3-8,15,18H,1-2H3. The first-order chi connectivity index (χ1) is 9.41. The van der Waals surface area contributed by atoms with Gasteiger partial charge in [-0.1, -0.05) is 35.9 Å². The van der Waals surface area contributed by atoms with Crippen LogP contribution in [0.15, 0.2) is 36.4 Å². The summed E-state index contributed by atoms with van der Waals surface area (Å²) in [6.07, 6.45) is -0.910. The van der Waals surface area contributed by atoms with E-state index in [2.05, 4.69) is 0 Å². The number of nitro groups is 1. The minimum Gasteiger partial charge on any atom is -0.384 e. The zero-order valence-corrected chi connectivity index (χ0v) is 11.9. The molecule has 1 atom stereocenters. The van der Waals surface area contributed by atoms with Gasteiger partial charge in [-0.05, 0) is 42.2 Å². The maximum atomic E-state index is 10.9. The fourth-order valence-electron chi connectivity index (χ4n) is 2.27. The van der Waals surface area contributed by atoms with Crippen molar-refractivity contribution in [3.8, 4) is 0 Å². The normalized spacial score (nSPS) is 12.2. The predicted molar refractivity (Wildman–Crippen MR) is 78.1 cm³/mol. The van der Waals surface area contributed by atoms with Crippen molar-refractivity contribution in [1.29, 1.82) is 0 Å². The van der Waals surface area contributed by atoms with Crippen LogP contribution in [0.3, 0.4) is 0 Å². The Morgan fingerprint density at radius 1 is 1.20 bits per heavy atom. The largest absolute Gasteiger partial charge is 0.384 e. The molecule has 1 N–H and O–H groups in total. The van der Waals surface area contributed by atoms with Gasteiger partial charge in [0.25, 0.3) is 5.69 Å². The van der Waals surface area contributed by atoms with Gasteiger partial charge >= 0.3 is 0 Å². The fraction of sp³-hybridized carbons (Fsp3) is 0.200. The second kappa shape index (κ2) is 5.61. The molecule has 20 heavy (non-hydrogen) atoms. The van der Waals surface area contributed by atoms with E-state index in [4.69, 9.17) is 11.6 Å². The third kappa shape index (κ3) is 2.66. The van der Waals surface area contributed by atoms with Crippen LogP contribution in [0.1, 0.15) is 28.4 Å².